The van der Waals surface area contributed by atoms with E-state index in [-0.39, 0.29) is 4.90 Å². The molecule has 0 aliphatic carbocycles. The van der Waals surface area contributed by atoms with Crippen molar-refractivity contribution < 1.29 is 17.9 Å². The number of rotatable bonds is 6. The summed E-state index contributed by atoms with van der Waals surface area (Å²) in [5.74, 6) is 1.58. The summed E-state index contributed by atoms with van der Waals surface area (Å²) in [5, 5.41) is 0. The molecule has 28 heavy (non-hydrogen) atoms. The number of ether oxygens (including phenoxy) is 2. The molecule has 0 aliphatic heterocycles. The van der Waals surface area contributed by atoms with Crippen molar-refractivity contribution in [3.05, 3.63) is 71.4 Å². The van der Waals surface area contributed by atoms with Crippen molar-refractivity contribution >= 4 is 15.7 Å². The van der Waals surface area contributed by atoms with Gasteiger partial charge in [0.2, 0.25) is 5.88 Å². The lowest BCUT2D eigenvalue weighted by Gasteiger charge is -2.12. The Hall–Kier alpha value is -3.06. The molecule has 0 aliphatic rings. The number of benzene rings is 2. The van der Waals surface area contributed by atoms with Crippen LogP contribution in [0.1, 0.15) is 16.7 Å². The second-order valence-electron chi connectivity index (χ2n) is 6.48. The molecule has 0 bridgehead atoms. The minimum absolute atomic E-state index is 0.109. The summed E-state index contributed by atoms with van der Waals surface area (Å²) in [6, 6.07) is 13.5. The van der Waals surface area contributed by atoms with Crippen molar-refractivity contribution in [2.24, 2.45) is 0 Å². The fourth-order valence-electron chi connectivity index (χ4n) is 2.70. The third kappa shape index (κ3) is 4.43. The van der Waals surface area contributed by atoms with E-state index in [0.717, 1.165) is 22.4 Å². The van der Waals surface area contributed by atoms with Gasteiger partial charge in [-0.25, -0.2) is 13.4 Å². The highest BCUT2D eigenvalue weighted by Crippen LogP contribution is 2.28. The summed E-state index contributed by atoms with van der Waals surface area (Å²) in [7, 11) is -2.26. The Morgan fingerprint density at radius 3 is 2.46 bits per heavy atom. The maximum atomic E-state index is 12.5. The largest absolute Gasteiger partial charge is 0.497 e. The molecular weight excluding hydrogens is 376 g/mol. The topological polar surface area (TPSA) is 77.5 Å². The van der Waals surface area contributed by atoms with E-state index in [1.807, 2.05) is 26.8 Å². The first-order valence-corrected chi connectivity index (χ1v) is 10.2. The van der Waals surface area contributed by atoms with Crippen LogP contribution in [0.5, 0.6) is 17.4 Å². The molecule has 0 atom stereocenters. The number of hydrogen-bond acceptors (Lipinski definition) is 5. The average molecular weight is 398 g/mol. The molecular formula is C21H22N2O4S. The number of aromatic nitrogens is 1. The predicted octanol–water partition coefficient (Wildman–Crippen LogP) is 4.61. The van der Waals surface area contributed by atoms with E-state index >= 15 is 0 Å². The van der Waals surface area contributed by atoms with Crippen molar-refractivity contribution in [2.45, 2.75) is 25.7 Å². The van der Waals surface area contributed by atoms with Gasteiger partial charge in [-0.15, -0.1) is 0 Å². The van der Waals surface area contributed by atoms with Gasteiger partial charge < -0.3 is 9.47 Å². The monoisotopic (exact) mass is 398 g/mol. The Kier molecular flexibility index (Phi) is 5.56. The molecule has 0 amide bonds. The summed E-state index contributed by atoms with van der Waals surface area (Å²) in [6.07, 6.45) is 1.42. The van der Waals surface area contributed by atoms with E-state index in [1.54, 1.807) is 24.3 Å². The molecule has 0 saturated heterocycles. The minimum Gasteiger partial charge on any atom is -0.497 e. The summed E-state index contributed by atoms with van der Waals surface area (Å²) in [6.45, 7) is 6.02. The summed E-state index contributed by atoms with van der Waals surface area (Å²) < 4.78 is 38.5. The number of aryl methyl sites for hydroxylation is 2. The van der Waals surface area contributed by atoms with E-state index in [0.29, 0.717) is 17.3 Å². The van der Waals surface area contributed by atoms with Gasteiger partial charge >= 0.3 is 0 Å². The van der Waals surface area contributed by atoms with Crippen LogP contribution in [0, 0.1) is 20.8 Å². The highest BCUT2D eigenvalue weighted by molar-refractivity contribution is 7.92. The van der Waals surface area contributed by atoms with Crippen LogP contribution in [0.25, 0.3) is 0 Å². The van der Waals surface area contributed by atoms with Crippen LogP contribution < -0.4 is 14.2 Å². The quantitative estimate of drug-likeness (QED) is 0.656. The fraction of sp³-hybridized carbons (Fsp3) is 0.190. The molecule has 1 heterocycles. The summed E-state index contributed by atoms with van der Waals surface area (Å²) in [5.41, 5.74) is 3.61. The molecule has 0 radical (unpaired) electrons. The van der Waals surface area contributed by atoms with Crippen LogP contribution in [0.3, 0.4) is 0 Å². The molecule has 0 saturated carbocycles. The fourth-order valence-corrected chi connectivity index (χ4v) is 3.78. The van der Waals surface area contributed by atoms with Gasteiger partial charge in [-0.05, 0) is 61.7 Å². The lowest BCUT2D eigenvalue weighted by molar-refractivity contribution is 0.413. The first kappa shape index (κ1) is 19.7. The van der Waals surface area contributed by atoms with E-state index in [4.69, 9.17) is 9.47 Å². The van der Waals surface area contributed by atoms with Gasteiger partial charge in [0, 0.05) is 12.1 Å². The van der Waals surface area contributed by atoms with Crippen molar-refractivity contribution in [1.29, 1.82) is 0 Å². The average Bonchev–Trinajstić information content (AvgIpc) is 2.67. The molecule has 1 aromatic heterocycles. The van der Waals surface area contributed by atoms with Gasteiger partial charge in [-0.1, -0.05) is 12.1 Å². The van der Waals surface area contributed by atoms with E-state index in [9.17, 15) is 8.42 Å². The van der Waals surface area contributed by atoms with Gasteiger partial charge in [0.1, 0.15) is 11.5 Å². The first-order chi connectivity index (χ1) is 13.3. The number of nitrogens with zero attached hydrogens (tertiary/aromatic N) is 1. The molecule has 0 fully saturated rings. The SMILES string of the molecule is COc1cccc(S(=O)(=O)Nc2ccc(Oc3cc(C)cc(C)c3C)nc2)c1. The zero-order valence-corrected chi connectivity index (χ0v) is 17.0. The molecule has 3 rings (SSSR count). The molecule has 3 aromatic rings. The highest BCUT2D eigenvalue weighted by Gasteiger charge is 2.15. The number of pyridine rings is 1. The van der Waals surface area contributed by atoms with Crippen molar-refractivity contribution in [1.82, 2.24) is 4.98 Å². The molecule has 0 unspecified atom stereocenters. The van der Waals surface area contributed by atoms with E-state index in [2.05, 4.69) is 15.8 Å². The standard InChI is InChI=1S/C21H22N2O4S/c1-14-10-15(2)16(3)20(11-14)27-21-9-8-17(13-22-21)23-28(24,25)19-7-5-6-18(12-19)26-4/h5-13,23H,1-4H3. The molecule has 6 nitrogen and oxygen atoms in total. The molecule has 7 heteroatoms. The zero-order chi connectivity index (χ0) is 20.3. The molecule has 146 valence electrons. The van der Waals surface area contributed by atoms with Crippen LogP contribution in [0.2, 0.25) is 0 Å². The molecule has 2 aromatic carbocycles. The first-order valence-electron chi connectivity index (χ1n) is 8.67. The second-order valence-corrected chi connectivity index (χ2v) is 8.16. The third-order valence-electron chi connectivity index (χ3n) is 4.32. The van der Waals surface area contributed by atoms with Crippen LogP contribution in [0.4, 0.5) is 5.69 Å². The number of sulfonamides is 1. The van der Waals surface area contributed by atoms with Gasteiger partial charge in [-0.2, -0.15) is 0 Å². The van der Waals surface area contributed by atoms with Crippen LogP contribution in [-0.2, 0) is 10.0 Å². The normalized spacial score (nSPS) is 11.1. The number of hydrogen-bond donors (Lipinski definition) is 1. The van der Waals surface area contributed by atoms with Crippen molar-refractivity contribution in [2.75, 3.05) is 11.8 Å². The van der Waals surface area contributed by atoms with Gasteiger partial charge in [0.15, 0.2) is 0 Å². The third-order valence-corrected chi connectivity index (χ3v) is 5.70. The van der Waals surface area contributed by atoms with Crippen molar-refractivity contribution in [3.8, 4) is 17.4 Å². The Labute approximate surface area is 165 Å². The number of nitrogens with one attached hydrogen (secondary N) is 1. The van der Waals surface area contributed by atoms with Crippen LogP contribution >= 0.6 is 0 Å². The minimum atomic E-state index is -3.75. The maximum absolute atomic E-state index is 12.5. The van der Waals surface area contributed by atoms with Gasteiger partial charge in [0.25, 0.3) is 10.0 Å². The Morgan fingerprint density at radius 2 is 1.79 bits per heavy atom. The molecule has 0 spiro atoms. The van der Waals surface area contributed by atoms with Gasteiger partial charge in [-0.3, -0.25) is 4.72 Å². The van der Waals surface area contributed by atoms with E-state index < -0.39 is 10.0 Å². The second kappa shape index (κ2) is 7.90. The zero-order valence-electron chi connectivity index (χ0n) is 16.2. The van der Waals surface area contributed by atoms with Crippen LogP contribution in [-0.4, -0.2) is 20.5 Å². The summed E-state index contributed by atoms with van der Waals surface area (Å²) >= 11 is 0. The predicted molar refractivity (Wildman–Crippen MR) is 109 cm³/mol. The highest BCUT2D eigenvalue weighted by atomic mass is 32.2. The lowest BCUT2D eigenvalue weighted by atomic mass is 10.1. The number of anilines is 1. The Bertz CT molecular complexity index is 1090. The van der Waals surface area contributed by atoms with Crippen LogP contribution in [0.15, 0.2) is 59.6 Å². The lowest BCUT2D eigenvalue weighted by Crippen LogP contribution is -2.13. The number of methoxy groups -OCH3 is 1. The Balaban J connectivity index is 1.77. The van der Waals surface area contributed by atoms with Crippen molar-refractivity contribution in [3.63, 3.8) is 0 Å². The van der Waals surface area contributed by atoms with Gasteiger partial charge in [0.05, 0.1) is 23.9 Å². The smallest absolute Gasteiger partial charge is 0.262 e. The summed E-state index contributed by atoms with van der Waals surface area (Å²) in [4.78, 5) is 4.32. The maximum Gasteiger partial charge on any atom is 0.262 e. The van der Waals surface area contributed by atoms with E-state index in [1.165, 1.54) is 25.4 Å². The Morgan fingerprint density at radius 1 is 1.00 bits per heavy atom. The molecule has 1 N–H and O–H groups in total.